The summed E-state index contributed by atoms with van der Waals surface area (Å²) in [6, 6.07) is 24.2. The van der Waals surface area contributed by atoms with Gasteiger partial charge in [0, 0.05) is 0 Å². The molecule has 22 heavy (non-hydrogen) atoms. The van der Waals surface area contributed by atoms with Crippen LogP contribution < -0.4 is 0 Å². The predicted molar refractivity (Wildman–Crippen MR) is 98.3 cm³/mol. The fourth-order valence-corrected chi connectivity index (χ4v) is 3.21. The first-order chi connectivity index (χ1) is 9.83. The van der Waals surface area contributed by atoms with Crippen LogP contribution in [0.3, 0.4) is 0 Å². The van der Waals surface area contributed by atoms with Gasteiger partial charge in [-0.15, -0.1) is 0 Å². The molecule has 0 atom stereocenters. The van der Waals surface area contributed by atoms with Crippen molar-refractivity contribution in [3.05, 3.63) is 83.4 Å². The van der Waals surface area contributed by atoms with Crippen molar-refractivity contribution in [3.8, 4) is 22.3 Å². The monoisotopic (exact) mass is 288 g/mol. The molecule has 0 nitrogen and oxygen atoms in total. The number of aryl methyl sites for hydroxylation is 1. The van der Waals surface area contributed by atoms with Crippen molar-refractivity contribution >= 4 is 0 Å². The second kappa shape index (κ2) is 6.19. The molecule has 0 heteroatoms. The minimum Gasteiger partial charge on any atom is -0.0776 e. The first-order valence-corrected chi connectivity index (χ1v) is 7.10. The molecule has 3 aromatic carbocycles. The topological polar surface area (TPSA) is 0 Å². The van der Waals surface area contributed by atoms with Gasteiger partial charge >= 0.3 is 0 Å². The lowest BCUT2D eigenvalue weighted by atomic mass is 9.96. The Hall–Kier alpha value is -2.34. The second-order valence-corrected chi connectivity index (χ2v) is 5.52. The molecule has 0 aliphatic heterocycles. The van der Waals surface area contributed by atoms with Crippen LogP contribution in [0.2, 0.25) is 0 Å². The molecule has 0 fully saturated rings. The van der Waals surface area contributed by atoms with E-state index < -0.39 is 0 Å². The van der Waals surface area contributed by atoms with Crippen molar-refractivity contribution in [3.63, 3.8) is 0 Å². The standard InChI is InChI=1S/C20H16.2CH4/c1-14-6-2-4-8-18(14)16-10-11-20-17(13-16)12-15-7-3-5-9-19(15)20;;/h2-11,13H,12H2,1H3;2*1H4. The van der Waals surface area contributed by atoms with E-state index in [2.05, 4.69) is 73.7 Å². The van der Waals surface area contributed by atoms with Gasteiger partial charge in [-0.2, -0.15) is 0 Å². The largest absolute Gasteiger partial charge is 0.0776 e. The van der Waals surface area contributed by atoms with E-state index in [1.807, 2.05) is 0 Å². The van der Waals surface area contributed by atoms with E-state index in [9.17, 15) is 0 Å². The molecule has 0 bridgehead atoms. The van der Waals surface area contributed by atoms with Crippen LogP contribution in [-0.4, -0.2) is 0 Å². The molecule has 4 rings (SSSR count). The highest BCUT2D eigenvalue weighted by atomic mass is 14.2. The maximum Gasteiger partial charge on any atom is -0.00132 e. The van der Waals surface area contributed by atoms with Gasteiger partial charge < -0.3 is 0 Å². The number of rotatable bonds is 1. The summed E-state index contributed by atoms with van der Waals surface area (Å²) in [6.07, 6.45) is 1.06. The van der Waals surface area contributed by atoms with Crippen LogP contribution in [0.5, 0.6) is 0 Å². The van der Waals surface area contributed by atoms with E-state index in [4.69, 9.17) is 0 Å². The number of fused-ring (bicyclic) bond motifs is 3. The Labute approximate surface area is 134 Å². The van der Waals surface area contributed by atoms with Crippen molar-refractivity contribution in [1.29, 1.82) is 0 Å². The van der Waals surface area contributed by atoms with Gasteiger partial charge in [0.25, 0.3) is 0 Å². The lowest BCUT2D eigenvalue weighted by Crippen LogP contribution is -1.86. The Morgan fingerprint density at radius 3 is 2.05 bits per heavy atom. The molecule has 0 spiro atoms. The zero-order chi connectivity index (χ0) is 13.5. The SMILES string of the molecule is C.C.Cc1ccccc1-c1ccc2c(c1)Cc1ccccc1-2. The molecule has 1 aliphatic carbocycles. The summed E-state index contributed by atoms with van der Waals surface area (Å²) in [6.45, 7) is 2.18. The number of hydrogen-bond acceptors (Lipinski definition) is 0. The molecule has 0 N–H and O–H groups in total. The van der Waals surface area contributed by atoms with Crippen molar-refractivity contribution in [2.24, 2.45) is 0 Å². The molecule has 0 unspecified atom stereocenters. The molecule has 0 radical (unpaired) electrons. The van der Waals surface area contributed by atoms with Gasteiger partial charge in [-0.25, -0.2) is 0 Å². The first kappa shape index (κ1) is 16.0. The van der Waals surface area contributed by atoms with Crippen LogP contribution in [-0.2, 0) is 6.42 Å². The van der Waals surface area contributed by atoms with Crippen molar-refractivity contribution < 1.29 is 0 Å². The Kier molecular flexibility index (Phi) is 4.51. The Morgan fingerprint density at radius 1 is 0.636 bits per heavy atom. The van der Waals surface area contributed by atoms with Crippen LogP contribution >= 0.6 is 0 Å². The van der Waals surface area contributed by atoms with E-state index in [-0.39, 0.29) is 14.9 Å². The highest BCUT2D eigenvalue weighted by Crippen LogP contribution is 2.38. The van der Waals surface area contributed by atoms with Crippen molar-refractivity contribution in [2.45, 2.75) is 28.2 Å². The van der Waals surface area contributed by atoms with Gasteiger partial charge in [0.05, 0.1) is 0 Å². The molecular formula is C22H24. The molecule has 0 heterocycles. The molecule has 0 amide bonds. The highest BCUT2D eigenvalue weighted by Gasteiger charge is 2.18. The van der Waals surface area contributed by atoms with Crippen LogP contribution in [0.1, 0.15) is 31.5 Å². The summed E-state index contributed by atoms with van der Waals surface area (Å²) in [7, 11) is 0. The fraction of sp³-hybridized carbons (Fsp3) is 0.182. The minimum atomic E-state index is 0. The van der Waals surface area contributed by atoms with Crippen molar-refractivity contribution in [1.82, 2.24) is 0 Å². The lowest BCUT2D eigenvalue weighted by molar-refractivity contribution is 1.26. The molecule has 3 aromatic rings. The molecule has 0 aromatic heterocycles. The average molecular weight is 288 g/mol. The fourth-order valence-electron chi connectivity index (χ4n) is 3.21. The summed E-state index contributed by atoms with van der Waals surface area (Å²) in [5.74, 6) is 0. The van der Waals surface area contributed by atoms with Gasteiger partial charge in [-0.1, -0.05) is 81.6 Å². The molecule has 0 saturated carbocycles. The Morgan fingerprint density at radius 2 is 1.27 bits per heavy atom. The third kappa shape index (κ3) is 2.46. The van der Waals surface area contributed by atoms with Crippen LogP contribution in [0.25, 0.3) is 22.3 Å². The lowest BCUT2D eigenvalue weighted by Gasteiger charge is -2.08. The smallest absolute Gasteiger partial charge is 0.00132 e. The van der Waals surface area contributed by atoms with E-state index >= 15 is 0 Å². The first-order valence-electron chi connectivity index (χ1n) is 7.10. The normalized spacial score (nSPS) is 11.0. The number of benzene rings is 3. The maximum atomic E-state index is 2.36. The zero-order valence-electron chi connectivity index (χ0n) is 11.6. The van der Waals surface area contributed by atoms with Gasteiger partial charge in [0.15, 0.2) is 0 Å². The molecule has 1 aliphatic rings. The van der Waals surface area contributed by atoms with Crippen LogP contribution in [0.15, 0.2) is 66.7 Å². The summed E-state index contributed by atoms with van der Waals surface area (Å²) < 4.78 is 0. The van der Waals surface area contributed by atoms with Crippen LogP contribution in [0.4, 0.5) is 0 Å². The third-order valence-electron chi connectivity index (χ3n) is 4.25. The maximum absolute atomic E-state index is 2.36. The number of hydrogen-bond donors (Lipinski definition) is 0. The van der Waals surface area contributed by atoms with Gasteiger partial charge in [0.2, 0.25) is 0 Å². The third-order valence-corrected chi connectivity index (χ3v) is 4.25. The predicted octanol–water partition coefficient (Wildman–Crippen LogP) is 6.51. The highest BCUT2D eigenvalue weighted by molar-refractivity contribution is 5.80. The minimum absolute atomic E-state index is 0. The van der Waals surface area contributed by atoms with Gasteiger partial charge in [-0.05, 0) is 52.3 Å². The van der Waals surface area contributed by atoms with E-state index in [1.165, 1.54) is 38.9 Å². The summed E-state index contributed by atoms with van der Waals surface area (Å²) >= 11 is 0. The molecule has 0 saturated heterocycles. The van der Waals surface area contributed by atoms with Crippen molar-refractivity contribution in [2.75, 3.05) is 0 Å². The van der Waals surface area contributed by atoms with E-state index in [0.29, 0.717) is 0 Å². The van der Waals surface area contributed by atoms with Gasteiger partial charge in [0.1, 0.15) is 0 Å². The Bertz CT molecular complexity index is 797. The van der Waals surface area contributed by atoms with Gasteiger partial charge in [-0.3, -0.25) is 0 Å². The Balaban J connectivity index is 0.000000882. The van der Waals surface area contributed by atoms with E-state index in [1.54, 1.807) is 0 Å². The average Bonchev–Trinajstić information content (AvgIpc) is 2.85. The van der Waals surface area contributed by atoms with Crippen LogP contribution in [0, 0.1) is 6.92 Å². The summed E-state index contributed by atoms with van der Waals surface area (Å²) in [4.78, 5) is 0. The van der Waals surface area contributed by atoms with E-state index in [0.717, 1.165) is 6.42 Å². The molecule has 112 valence electrons. The summed E-state index contributed by atoms with van der Waals surface area (Å²) in [5, 5.41) is 0. The second-order valence-electron chi connectivity index (χ2n) is 5.52. The summed E-state index contributed by atoms with van der Waals surface area (Å²) in [5.41, 5.74) is 9.71. The molecular weight excluding hydrogens is 264 g/mol. The zero-order valence-corrected chi connectivity index (χ0v) is 11.6. The quantitative estimate of drug-likeness (QED) is 0.375.